The van der Waals surface area contributed by atoms with Crippen LogP contribution < -0.4 is 16.4 Å². The zero-order valence-electron chi connectivity index (χ0n) is 15.4. The van der Waals surface area contributed by atoms with Crippen LogP contribution >= 0.6 is 0 Å². The topological polar surface area (TPSA) is 151 Å². The van der Waals surface area contributed by atoms with E-state index < -0.39 is 43.4 Å². The molecule has 0 aromatic heterocycles. The molecule has 0 heterocycles. The normalized spacial score (nSPS) is 13.8. The molecule has 0 aliphatic carbocycles. The average Bonchev–Trinajstić information content (AvgIpc) is 2.63. The van der Waals surface area contributed by atoms with E-state index in [1.165, 1.54) is 0 Å². The maximum atomic E-state index is 12.4. The van der Waals surface area contributed by atoms with Gasteiger partial charge in [-0.1, -0.05) is 50.6 Å². The molecule has 0 unspecified atom stereocenters. The van der Waals surface area contributed by atoms with E-state index in [-0.39, 0.29) is 12.5 Å². The first-order valence-electron chi connectivity index (χ1n) is 8.67. The van der Waals surface area contributed by atoms with Gasteiger partial charge in [-0.3, -0.25) is 9.59 Å². The molecular formula is C17H26BN3O6. The van der Waals surface area contributed by atoms with Crippen LogP contribution in [0.4, 0.5) is 4.79 Å². The summed E-state index contributed by atoms with van der Waals surface area (Å²) in [5, 5.41) is 23.1. The largest absolute Gasteiger partial charge is 0.454 e. The molecule has 1 rings (SSSR count). The number of nitrogens with two attached hydrogens (primary N) is 1. The third kappa shape index (κ3) is 8.10. The number of carbonyl (C=O) groups excluding carboxylic acids is 3. The fourth-order valence-corrected chi connectivity index (χ4v) is 2.33. The molecule has 0 radical (unpaired) electrons. The van der Waals surface area contributed by atoms with Crippen molar-refractivity contribution in [2.24, 2.45) is 11.7 Å². The number of hydrogen-bond donors (Lipinski definition) is 5. The number of carbonyl (C=O) groups is 3. The summed E-state index contributed by atoms with van der Waals surface area (Å²) in [6.45, 7) is 3.56. The monoisotopic (exact) mass is 379 g/mol. The fourth-order valence-electron chi connectivity index (χ4n) is 2.33. The lowest BCUT2D eigenvalue weighted by Gasteiger charge is -2.24. The van der Waals surface area contributed by atoms with Crippen molar-refractivity contribution in [2.45, 2.75) is 45.3 Å². The molecule has 0 fully saturated rings. The number of hydrogen-bond acceptors (Lipinski definition) is 6. The van der Waals surface area contributed by atoms with Crippen molar-refractivity contribution < 1.29 is 29.2 Å². The molecule has 1 aromatic rings. The molecule has 0 aliphatic rings. The molecule has 10 heteroatoms. The Morgan fingerprint density at radius 1 is 1.19 bits per heavy atom. The maximum Gasteiger partial charge on any atom is 0.454 e. The summed E-state index contributed by atoms with van der Waals surface area (Å²) in [5.41, 5.74) is 6.06. The van der Waals surface area contributed by atoms with Crippen LogP contribution in [0.2, 0.25) is 6.32 Å². The molecule has 27 heavy (non-hydrogen) atoms. The predicted molar refractivity (Wildman–Crippen MR) is 99.1 cm³/mol. The van der Waals surface area contributed by atoms with Gasteiger partial charge >= 0.3 is 13.2 Å². The number of benzene rings is 1. The smallest absolute Gasteiger partial charge is 0.445 e. The van der Waals surface area contributed by atoms with Gasteiger partial charge in [-0.25, -0.2) is 4.79 Å². The van der Waals surface area contributed by atoms with Crippen molar-refractivity contribution >= 4 is 25.0 Å². The Bertz CT molecular complexity index is 628. The van der Waals surface area contributed by atoms with E-state index in [1.807, 2.05) is 13.0 Å². The van der Waals surface area contributed by atoms with E-state index >= 15 is 0 Å². The van der Waals surface area contributed by atoms with E-state index in [4.69, 9.17) is 10.5 Å². The summed E-state index contributed by atoms with van der Waals surface area (Å²) in [6, 6.07) is 6.67. The SMILES string of the molecule is CC[C@H](C)[C@H](NC(=O)[C@@H](CB(O)O)NC(=O)OCc1ccccc1)C(N)=O. The van der Waals surface area contributed by atoms with Gasteiger partial charge in [0.25, 0.3) is 0 Å². The molecule has 148 valence electrons. The van der Waals surface area contributed by atoms with Crippen LogP contribution in [-0.4, -0.2) is 47.2 Å². The molecule has 0 saturated heterocycles. The van der Waals surface area contributed by atoms with Crippen molar-refractivity contribution in [1.29, 1.82) is 0 Å². The second-order valence-electron chi connectivity index (χ2n) is 6.25. The number of amides is 3. The first kappa shape index (κ1) is 22.5. The Morgan fingerprint density at radius 2 is 1.81 bits per heavy atom. The molecule has 3 amide bonds. The summed E-state index contributed by atoms with van der Waals surface area (Å²) < 4.78 is 5.03. The second-order valence-corrected chi connectivity index (χ2v) is 6.25. The summed E-state index contributed by atoms with van der Waals surface area (Å²) >= 11 is 0. The number of nitrogens with one attached hydrogen (secondary N) is 2. The number of rotatable bonds is 10. The molecule has 0 saturated carbocycles. The minimum absolute atomic E-state index is 0.0144. The first-order valence-corrected chi connectivity index (χ1v) is 8.67. The van der Waals surface area contributed by atoms with Crippen molar-refractivity contribution in [1.82, 2.24) is 10.6 Å². The van der Waals surface area contributed by atoms with Crippen LogP contribution in [0.1, 0.15) is 25.8 Å². The predicted octanol–water partition coefficient (Wildman–Crippen LogP) is -0.230. The van der Waals surface area contributed by atoms with Gasteiger partial charge in [-0.2, -0.15) is 0 Å². The summed E-state index contributed by atoms with van der Waals surface area (Å²) in [6.07, 6.45) is -0.787. The van der Waals surface area contributed by atoms with Crippen LogP contribution in [0, 0.1) is 5.92 Å². The van der Waals surface area contributed by atoms with Gasteiger partial charge in [0.05, 0.1) is 0 Å². The Morgan fingerprint density at radius 3 is 2.33 bits per heavy atom. The van der Waals surface area contributed by atoms with Crippen LogP contribution in [-0.2, 0) is 20.9 Å². The van der Waals surface area contributed by atoms with Crippen molar-refractivity contribution in [3.63, 3.8) is 0 Å². The van der Waals surface area contributed by atoms with Gasteiger partial charge in [-0.15, -0.1) is 0 Å². The van der Waals surface area contributed by atoms with Crippen LogP contribution in [0.5, 0.6) is 0 Å². The van der Waals surface area contributed by atoms with E-state index in [2.05, 4.69) is 10.6 Å². The number of alkyl carbamates (subject to hydrolysis) is 1. The Kier molecular flexibility index (Phi) is 9.31. The molecule has 0 spiro atoms. The zero-order chi connectivity index (χ0) is 20.4. The van der Waals surface area contributed by atoms with Crippen LogP contribution in [0.3, 0.4) is 0 Å². The van der Waals surface area contributed by atoms with Gasteiger partial charge < -0.3 is 31.2 Å². The quantitative estimate of drug-likeness (QED) is 0.354. The molecule has 0 aliphatic heterocycles. The highest BCUT2D eigenvalue weighted by Gasteiger charge is 2.31. The molecule has 0 bridgehead atoms. The lowest BCUT2D eigenvalue weighted by Crippen LogP contribution is -2.55. The van der Waals surface area contributed by atoms with Gasteiger partial charge in [0.15, 0.2) is 0 Å². The van der Waals surface area contributed by atoms with Gasteiger partial charge in [0.1, 0.15) is 18.7 Å². The Hall–Kier alpha value is -2.59. The number of ether oxygens (including phenoxy) is 1. The highest BCUT2D eigenvalue weighted by atomic mass is 16.5. The highest BCUT2D eigenvalue weighted by molar-refractivity contribution is 6.42. The average molecular weight is 379 g/mol. The minimum atomic E-state index is -1.84. The second kappa shape index (κ2) is 11.2. The summed E-state index contributed by atoms with van der Waals surface area (Å²) in [5.74, 6) is -1.70. The number of primary amides is 1. The lowest BCUT2D eigenvalue weighted by molar-refractivity contribution is -0.129. The third-order valence-corrected chi connectivity index (χ3v) is 4.09. The van der Waals surface area contributed by atoms with E-state index in [0.29, 0.717) is 6.42 Å². The lowest BCUT2D eigenvalue weighted by atomic mass is 9.81. The summed E-state index contributed by atoms with van der Waals surface area (Å²) in [7, 11) is -1.84. The molecule has 9 nitrogen and oxygen atoms in total. The minimum Gasteiger partial charge on any atom is -0.445 e. The maximum absolute atomic E-state index is 12.4. The molecule has 1 aromatic carbocycles. The van der Waals surface area contributed by atoms with E-state index in [9.17, 15) is 24.4 Å². The van der Waals surface area contributed by atoms with Gasteiger partial charge in [0.2, 0.25) is 11.8 Å². The molecular weight excluding hydrogens is 353 g/mol. The van der Waals surface area contributed by atoms with Crippen molar-refractivity contribution in [3.05, 3.63) is 35.9 Å². The standard InChI is InChI=1S/C17H26BN3O6/c1-3-11(2)14(15(19)22)21-16(23)13(9-18(25)26)20-17(24)27-10-12-7-5-4-6-8-12/h4-8,11,13-14,25-26H,3,9-10H2,1-2H3,(H2,19,22)(H,20,24)(H,21,23)/t11-,13+,14-/m0/s1. The van der Waals surface area contributed by atoms with Gasteiger partial charge in [0, 0.05) is 6.32 Å². The van der Waals surface area contributed by atoms with Crippen LogP contribution in [0.25, 0.3) is 0 Å². The van der Waals surface area contributed by atoms with Crippen LogP contribution in [0.15, 0.2) is 30.3 Å². The Labute approximate surface area is 158 Å². The third-order valence-electron chi connectivity index (χ3n) is 4.09. The van der Waals surface area contributed by atoms with Gasteiger partial charge in [-0.05, 0) is 11.5 Å². The molecule has 3 atom stereocenters. The Balaban J connectivity index is 2.71. The molecule has 6 N–H and O–H groups in total. The highest BCUT2D eigenvalue weighted by Crippen LogP contribution is 2.09. The fraction of sp³-hybridized carbons (Fsp3) is 0.471. The summed E-state index contributed by atoms with van der Waals surface area (Å²) in [4.78, 5) is 35.9. The van der Waals surface area contributed by atoms with E-state index in [1.54, 1.807) is 31.2 Å². The van der Waals surface area contributed by atoms with E-state index in [0.717, 1.165) is 5.56 Å². The zero-order valence-corrected chi connectivity index (χ0v) is 15.4. The van der Waals surface area contributed by atoms with Crippen molar-refractivity contribution in [3.8, 4) is 0 Å². The first-order chi connectivity index (χ1) is 12.7. The van der Waals surface area contributed by atoms with Crippen molar-refractivity contribution in [2.75, 3.05) is 0 Å².